The van der Waals surface area contributed by atoms with E-state index in [-0.39, 0.29) is 12.7 Å². The van der Waals surface area contributed by atoms with Gasteiger partial charge in [0.1, 0.15) is 0 Å². The number of amides is 1. The molecule has 0 aromatic heterocycles. The predicted molar refractivity (Wildman–Crippen MR) is 94.0 cm³/mol. The second-order valence-corrected chi connectivity index (χ2v) is 5.99. The van der Waals surface area contributed by atoms with Gasteiger partial charge in [0.25, 0.3) is 5.91 Å². The van der Waals surface area contributed by atoms with Crippen LogP contribution in [0.2, 0.25) is 0 Å². The number of carbonyl (C=O) groups is 1. The van der Waals surface area contributed by atoms with Crippen molar-refractivity contribution in [1.82, 2.24) is 5.32 Å². The van der Waals surface area contributed by atoms with Gasteiger partial charge in [-0.25, -0.2) is 0 Å². The van der Waals surface area contributed by atoms with Crippen molar-refractivity contribution >= 4 is 11.6 Å². The highest BCUT2D eigenvalue weighted by Gasteiger charge is 2.15. The molecule has 1 heterocycles. The van der Waals surface area contributed by atoms with Crippen LogP contribution in [0.4, 0.5) is 5.69 Å². The zero-order valence-electron chi connectivity index (χ0n) is 14.0. The van der Waals surface area contributed by atoms with Crippen molar-refractivity contribution in [3.05, 3.63) is 53.6 Å². The van der Waals surface area contributed by atoms with Gasteiger partial charge in [-0.3, -0.25) is 4.79 Å². The molecule has 5 heteroatoms. The third-order valence-electron chi connectivity index (χ3n) is 4.02. The minimum Gasteiger partial charge on any atom is -0.454 e. The maximum atomic E-state index is 12.2. The van der Waals surface area contributed by atoms with Gasteiger partial charge in [-0.05, 0) is 48.7 Å². The summed E-state index contributed by atoms with van der Waals surface area (Å²) in [6, 6.07) is 13.7. The number of ether oxygens (including phenoxy) is 2. The van der Waals surface area contributed by atoms with Crippen molar-refractivity contribution in [2.24, 2.45) is 0 Å². The van der Waals surface area contributed by atoms with Crippen LogP contribution < -0.4 is 19.7 Å². The average Bonchev–Trinajstić information content (AvgIpc) is 3.06. The molecule has 0 atom stereocenters. The molecule has 1 N–H and O–H groups in total. The Bertz CT molecular complexity index is 711. The minimum atomic E-state index is -0.0868. The van der Waals surface area contributed by atoms with Crippen molar-refractivity contribution in [1.29, 1.82) is 0 Å². The van der Waals surface area contributed by atoms with Gasteiger partial charge in [-0.2, -0.15) is 0 Å². The molecule has 0 aliphatic carbocycles. The van der Waals surface area contributed by atoms with Crippen LogP contribution >= 0.6 is 0 Å². The molecular weight excluding hydrogens is 304 g/mol. The lowest BCUT2D eigenvalue weighted by Crippen LogP contribution is -2.24. The van der Waals surface area contributed by atoms with E-state index in [1.54, 1.807) is 18.2 Å². The fourth-order valence-electron chi connectivity index (χ4n) is 2.60. The van der Waals surface area contributed by atoms with Crippen LogP contribution in [0.25, 0.3) is 0 Å². The monoisotopic (exact) mass is 326 g/mol. The Morgan fingerprint density at radius 1 is 1.08 bits per heavy atom. The molecule has 2 aromatic carbocycles. The first-order chi connectivity index (χ1) is 11.6. The van der Waals surface area contributed by atoms with E-state index in [9.17, 15) is 4.79 Å². The molecule has 0 bridgehead atoms. The van der Waals surface area contributed by atoms with E-state index in [0.29, 0.717) is 23.6 Å². The molecule has 3 rings (SSSR count). The van der Waals surface area contributed by atoms with Gasteiger partial charge in [0.15, 0.2) is 11.5 Å². The highest BCUT2D eigenvalue weighted by Crippen LogP contribution is 2.32. The number of hydrogen-bond acceptors (Lipinski definition) is 4. The summed E-state index contributed by atoms with van der Waals surface area (Å²) in [4.78, 5) is 14.2. The van der Waals surface area contributed by atoms with Crippen LogP contribution in [0.3, 0.4) is 0 Å². The highest BCUT2D eigenvalue weighted by molar-refractivity contribution is 5.94. The van der Waals surface area contributed by atoms with Gasteiger partial charge in [0, 0.05) is 31.9 Å². The molecule has 126 valence electrons. The third kappa shape index (κ3) is 3.79. The fourth-order valence-corrected chi connectivity index (χ4v) is 2.60. The SMILES string of the molecule is CN(C)c1ccc(CCCNC(=O)c2ccc3c(c2)OCO3)cc1. The number of fused-ring (bicyclic) bond motifs is 1. The second kappa shape index (κ2) is 7.25. The molecule has 0 saturated heterocycles. The smallest absolute Gasteiger partial charge is 0.251 e. The van der Waals surface area contributed by atoms with Gasteiger partial charge in [0.05, 0.1) is 0 Å². The summed E-state index contributed by atoms with van der Waals surface area (Å²) in [6.07, 6.45) is 1.84. The Morgan fingerprint density at radius 2 is 1.83 bits per heavy atom. The van der Waals surface area contributed by atoms with Crippen LogP contribution in [0.1, 0.15) is 22.3 Å². The summed E-state index contributed by atoms with van der Waals surface area (Å²) in [6.45, 7) is 0.857. The molecule has 5 nitrogen and oxygen atoms in total. The van der Waals surface area contributed by atoms with Gasteiger partial charge < -0.3 is 19.7 Å². The summed E-state index contributed by atoms with van der Waals surface area (Å²) in [7, 11) is 4.06. The summed E-state index contributed by atoms with van der Waals surface area (Å²) >= 11 is 0. The van der Waals surface area contributed by atoms with E-state index < -0.39 is 0 Å². The zero-order valence-corrected chi connectivity index (χ0v) is 14.0. The van der Waals surface area contributed by atoms with Crippen LogP contribution in [0, 0.1) is 0 Å². The Hall–Kier alpha value is -2.69. The number of hydrogen-bond donors (Lipinski definition) is 1. The minimum absolute atomic E-state index is 0.0868. The van der Waals surface area contributed by atoms with Gasteiger partial charge in [-0.15, -0.1) is 0 Å². The predicted octanol–water partition coefficient (Wildman–Crippen LogP) is 2.84. The molecule has 1 aliphatic heterocycles. The molecule has 0 fully saturated rings. The van der Waals surface area contributed by atoms with Gasteiger partial charge in [-0.1, -0.05) is 12.1 Å². The van der Waals surface area contributed by atoms with Crippen molar-refractivity contribution in [2.45, 2.75) is 12.8 Å². The van der Waals surface area contributed by atoms with Crippen LogP contribution in [-0.2, 0) is 6.42 Å². The number of benzene rings is 2. The Morgan fingerprint density at radius 3 is 2.58 bits per heavy atom. The van der Waals surface area contributed by atoms with Crippen molar-refractivity contribution in [3.63, 3.8) is 0 Å². The first-order valence-electron chi connectivity index (χ1n) is 8.07. The molecule has 0 radical (unpaired) electrons. The van der Waals surface area contributed by atoms with Crippen LogP contribution in [0.5, 0.6) is 11.5 Å². The van der Waals surface area contributed by atoms with E-state index in [1.807, 2.05) is 14.1 Å². The number of nitrogens with one attached hydrogen (secondary N) is 1. The largest absolute Gasteiger partial charge is 0.454 e. The van der Waals surface area contributed by atoms with E-state index in [4.69, 9.17) is 9.47 Å². The van der Waals surface area contributed by atoms with E-state index in [2.05, 4.69) is 34.5 Å². The van der Waals surface area contributed by atoms with Crippen molar-refractivity contribution in [2.75, 3.05) is 32.3 Å². The summed E-state index contributed by atoms with van der Waals surface area (Å²) in [5, 5.41) is 2.95. The Balaban J connectivity index is 1.45. The number of nitrogens with zero attached hydrogens (tertiary/aromatic N) is 1. The van der Waals surface area contributed by atoms with Crippen LogP contribution in [0.15, 0.2) is 42.5 Å². The third-order valence-corrected chi connectivity index (χ3v) is 4.02. The molecule has 0 saturated carbocycles. The zero-order chi connectivity index (χ0) is 16.9. The normalized spacial score (nSPS) is 12.1. The first kappa shape index (κ1) is 16.2. The van der Waals surface area contributed by atoms with Gasteiger partial charge >= 0.3 is 0 Å². The van der Waals surface area contributed by atoms with Crippen LogP contribution in [-0.4, -0.2) is 33.3 Å². The number of aryl methyl sites for hydroxylation is 1. The number of anilines is 1. The van der Waals surface area contributed by atoms with E-state index in [1.165, 1.54) is 11.3 Å². The molecule has 0 spiro atoms. The Labute approximate surface area is 142 Å². The lowest BCUT2D eigenvalue weighted by atomic mass is 10.1. The summed E-state index contributed by atoms with van der Waals surface area (Å²) in [5.74, 6) is 1.23. The maximum absolute atomic E-state index is 12.2. The van der Waals surface area contributed by atoms with E-state index >= 15 is 0 Å². The second-order valence-electron chi connectivity index (χ2n) is 5.99. The highest BCUT2D eigenvalue weighted by atomic mass is 16.7. The summed E-state index contributed by atoms with van der Waals surface area (Å²) < 4.78 is 10.5. The molecule has 1 amide bonds. The number of rotatable bonds is 6. The number of carbonyl (C=O) groups excluding carboxylic acids is 1. The Kier molecular flexibility index (Phi) is 4.89. The molecule has 2 aromatic rings. The van der Waals surface area contributed by atoms with E-state index in [0.717, 1.165) is 12.8 Å². The first-order valence-corrected chi connectivity index (χ1v) is 8.07. The average molecular weight is 326 g/mol. The molecule has 1 aliphatic rings. The van der Waals surface area contributed by atoms with Crippen molar-refractivity contribution in [3.8, 4) is 11.5 Å². The quantitative estimate of drug-likeness (QED) is 0.830. The fraction of sp³-hybridized carbons (Fsp3) is 0.316. The van der Waals surface area contributed by atoms with Gasteiger partial charge in [0.2, 0.25) is 6.79 Å². The maximum Gasteiger partial charge on any atom is 0.251 e. The van der Waals surface area contributed by atoms with Crippen molar-refractivity contribution < 1.29 is 14.3 Å². The molecular formula is C19H22N2O3. The molecule has 0 unspecified atom stereocenters. The lowest BCUT2D eigenvalue weighted by Gasteiger charge is -2.12. The standard InChI is InChI=1S/C19H22N2O3/c1-21(2)16-8-5-14(6-9-16)4-3-11-20-19(22)15-7-10-17-18(12-15)24-13-23-17/h5-10,12H,3-4,11,13H2,1-2H3,(H,20,22). The topological polar surface area (TPSA) is 50.8 Å². The molecule has 24 heavy (non-hydrogen) atoms. The lowest BCUT2D eigenvalue weighted by molar-refractivity contribution is 0.0952. The summed E-state index contributed by atoms with van der Waals surface area (Å²) in [5.41, 5.74) is 3.06.